The Kier molecular flexibility index (Phi) is 4.52. The molecule has 0 aliphatic carbocycles. The van der Waals surface area contributed by atoms with Gasteiger partial charge in [-0.2, -0.15) is 0 Å². The minimum atomic E-state index is 0.160. The molecule has 0 fully saturated rings. The molecule has 0 aliphatic heterocycles. The lowest BCUT2D eigenvalue weighted by molar-refractivity contribution is 0.679. The summed E-state index contributed by atoms with van der Waals surface area (Å²) in [6.07, 6.45) is 0.946. The molecule has 0 saturated heterocycles. The number of hydrogen-bond acceptors (Lipinski definition) is 2. The highest BCUT2D eigenvalue weighted by Crippen LogP contribution is 2.22. The van der Waals surface area contributed by atoms with E-state index < -0.39 is 0 Å². The first-order valence-electron chi connectivity index (χ1n) is 4.57. The van der Waals surface area contributed by atoms with Gasteiger partial charge in [0.05, 0.1) is 0 Å². The van der Waals surface area contributed by atoms with E-state index in [4.69, 9.17) is 28.9 Å². The van der Waals surface area contributed by atoms with Gasteiger partial charge >= 0.3 is 0 Å². The summed E-state index contributed by atoms with van der Waals surface area (Å²) in [6.45, 7) is 2.78. The van der Waals surface area contributed by atoms with Crippen LogP contribution in [0.3, 0.4) is 0 Å². The van der Waals surface area contributed by atoms with Crippen LogP contribution in [0.25, 0.3) is 0 Å². The molecule has 4 heteroatoms. The fourth-order valence-corrected chi connectivity index (χ4v) is 1.58. The lowest BCUT2D eigenvalue weighted by Crippen LogP contribution is -2.27. The van der Waals surface area contributed by atoms with Gasteiger partial charge in [-0.1, -0.05) is 30.1 Å². The smallest absolute Gasteiger partial charge is 0.0441 e. The highest BCUT2D eigenvalue weighted by Gasteiger charge is 2.00. The van der Waals surface area contributed by atoms with Crippen LogP contribution in [0, 0.1) is 0 Å². The first-order valence-corrected chi connectivity index (χ1v) is 5.33. The van der Waals surface area contributed by atoms with Crippen molar-refractivity contribution in [2.45, 2.75) is 19.4 Å². The van der Waals surface area contributed by atoms with E-state index in [1.54, 1.807) is 6.07 Å². The molecule has 0 heterocycles. The summed E-state index contributed by atoms with van der Waals surface area (Å²) in [4.78, 5) is 0. The molecule has 1 unspecified atom stereocenters. The molecule has 0 aromatic heterocycles. The molecule has 0 bridgehead atoms. The SMILES string of the molecule is CCC(N)CNc1cc(Cl)cc(Cl)c1. The molecule has 0 saturated carbocycles. The number of nitrogens with one attached hydrogen (secondary N) is 1. The van der Waals surface area contributed by atoms with Gasteiger partial charge in [0.1, 0.15) is 0 Å². The van der Waals surface area contributed by atoms with E-state index in [-0.39, 0.29) is 6.04 Å². The van der Waals surface area contributed by atoms with Crippen LogP contribution in [0.5, 0.6) is 0 Å². The Hall–Kier alpha value is -0.440. The second-order valence-electron chi connectivity index (χ2n) is 3.21. The average Bonchev–Trinajstić information content (AvgIpc) is 2.12. The van der Waals surface area contributed by atoms with Crippen LogP contribution in [0.2, 0.25) is 10.0 Å². The predicted octanol–water partition coefficient (Wildman–Crippen LogP) is 3.14. The Morgan fingerprint density at radius 2 is 1.86 bits per heavy atom. The van der Waals surface area contributed by atoms with Crippen molar-refractivity contribution in [2.24, 2.45) is 5.73 Å². The third-order valence-corrected chi connectivity index (χ3v) is 2.39. The molecule has 78 valence electrons. The van der Waals surface area contributed by atoms with Crippen LogP contribution in [-0.2, 0) is 0 Å². The summed E-state index contributed by atoms with van der Waals surface area (Å²) in [5.41, 5.74) is 6.68. The molecule has 1 atom stereocenters. The molecule has 14 heavy (non-hydrogen) atoms. The van der Waals surface area contributed by atoms with Crippen LogP contribution in [0.4, 0.5) is 5.69 Å². The Labute approximate surface area is 94.4 Å². The van der Waals surface area contributed by atoms with Gasteiger partial charge in [0.2, 0.25) is 0 Å². The van der Waals surface area contributed by atoms with Gasteiger partial charge in [0, 0.05) is 28.3 Å². The molecule has 1 aromatic rings. The molecule has 1 aromatic carbocycles. The van der Waals surface area contributed by atoms with E-state index in [0.717, 1.165) is 18.7 Å². The Balaban J connectivity index is 2.58. The molecule has 0 aliphatic rings. The minimum absolute atomic E-state index is 0.160. The normalized spacial score (nSPS) is 12.6. The topological polar surface area (TPSA) is 38.0 Å². The van der Waals surface area contributed by atoms with Crippen molar-refractivity contribution in [3.05, 3.63) is 28.2 Å². The van der Waals surface area contributed by atoms with Crippen molar-refractivity contribution in [3.8, 4) is 0 Å². The van der Waals surface area contributed by atoms with Crippen LogP contribution >= 0.6 is 23.2 Å². The maximum atomic E-state index is 5.84. The lowest BCUT2D eigenvalue weighted by Gasteiger charge is -2.11. The molecule has 3 N–H and O–H groups in total. The molecule has 2 nitrogen and oxygen atoms in total. The van der Waals surface area contributed by atoms with E-state index in [1.165, 1.54) is 0 Å². The van der Waals surface area contributed by atoms with Crippen molar-refractivity contribution in [3.63, 3.8) is 0 Å². The monoisotopic (exact) mass is 232 g/mol. The van der Waals surface area contributed by atoms with Gasteiger partial charge in [-0.05, 0) is 24.6 Å². The van der Waals surface area contributed by atoms with Gasteiger partial charge in [-0.25, -0.2) is 0 Å². The van der Waals surface area contributed by atoms with Crippen LogP contribution in [-0.4, -0.2) is 12.6 Å². The zero-order valence-electron chi connectivity index (χ0n) is 8.06. The molecule has 0 amide bonds. The van der Waals surface area contributed by atoms with Gasteiger partial charge in [0.25, 0.3) is 0 Å². The van der Waals surface area contributed by atoms with Crippen molar-refractivity contribution in [1.82, 2.24) is 0 Å². The number of benzene rings is 1. The van der Waals surface area contributed by atoms with Crippen molar-refractivity contribution < 1.29 is 0 Å². The maximum absolute atomic E-state index is 5.84. The summed E-state index contributed by atoms with van der Waals surface area (Å²) >= 11 is 11.7. The van der Waals surface area contributed by atoms with Crippen LogP contribution < -0.4 is 11.1 Å². The van der Waals surface area contributed by atoms with Crippen molar-refractivity contribution in [2.75, 3.05) is 11.9 Å². The van der Waals surface area contributed by atoms with E-state index in [0.29, 0.717) is 10.0 Å². The van der Waals surface area contributed by atoms with E-state index in [9.17, 15) is 0 Å². The Morgan fingerprint density at radius 1 is 1.29 bits per heavy atom. The number of hydrogen-bond donors (Lipinski definition) is 2. The minimum Gasteiger partial charge on any atom is -0.383 e. The molecule has 0 radical (unpaired) electrons. The Morgan fingerprint density at radius 3 is 2.36 bits per heavy atom. The molecule has 1 rings (SSSR count). The lowest BCUT2D eigenvalue weighted by atomic mass is 10.2. The second kappa shape index (κ2) is 5.44. The average molecular weight is 233 g/mol. The van der Waals surface area contributed by atoms with Gasteiger partial charge in [-0.15, -0.1) is 0 Å². The first-order chi connectivity index (χ1) is 6.61. The van der Waals surface area contributed by atoms with Crippen LogP contribution in [0.1, 0.15) is 13.3 Å². The number of halogens is 2. The summed E-state index contributed by atoms with van der Waals surface area (Å²) < 4.78 is 0. The van der Waals surface area contributed by atoms with Crippen LogP contribution in [0.15, 0.2) is 18.2 Å². The third kappa shape index (κ3) is 3.74. The first kappa shape index (κ1) is 11.6. The van der Waals surface area contributed by atoms with E-state index in [2.05, 4.69) is 12.2 Å². The summed E-state index contributed by atoms with van der Waals surface area (Å²) in [7, 11) is 0. The van der Waals surface area contributed by atoms with Gasteiger partial charge < -0.3 is 11.1 Å². The fraction of sp³-hybridized carbons (Fsp3) is 0.400. The Bertz CT molecular complexity index is 282. The van der Waals surface area contributed by atoms with Gasteiger partial charge in [-0.3, -0.25) is 0 Å². The fourth-order valence-electron chi connectivity index (χ4n) is 1.05. The molecule has 0 spiro atoms. The van der Waals surface area contributed by atoms with Gasteiger partial charge in [0.15, 0.2) is 0 Å². The number of nitrogens with two attached hydrogens (primary N) is 1. The second-order valence-corrected chi connectivity index (χ2v) is 4.08. The van der Waals surface area contributed by atoms with E-state index in [1.807, 2.05) is 12.1 Å². The zero-order chi connectivity index (χ0) is 10.6. The largest absolute Gasteiger partial charge is 0.383 e. The quantitative estimate of drug-likeness (QED) is 0.838. The summed E-state index contributed by atoms with van der Waals surface area (Å²) in [5, 5.41) is 4.44. The highest BCUT2D eigenvalue weighted by atomic mass is 35.5. The highest BCUT2D eigenvalue weighted by molar-refractivity contribution is 6.35. The van der Waals surface area contributed by atoms with Crippen molar-refractivity contribution >= 4 is 28.9 Å². The standard InChI is InChI=1S/C10H14Cl2N2/c1-2-9(13)6-14-10-4-7(11)3-8(12)5-10/h3-5,9,14H,2,6,13H2,1H3. The summed E-state index contributed by atoms with van der Waals surface area (Å²) in [5.74, 6) is 0. The zero-order valence-corrected chi connectivity index (χ0v) is 9.57. The summed E-state index contributed by atoms with van der Waals surface area (Å²) in [6, 6.07) is 5.52. The number of anilines is 1. The maximum Gasteiger partial charge on any atom is 0.0441 e. The molecular formula is C10H14Cl2N2. The van der Waals surface area contributed by atoms with Crippen molar-refractivity contribution in [1.29, 1.82) is 0 Å². The van der Waals surface area contributed by atoms with E-state index >= 15 is 0 Å². The predicted molar refractivity (Wildman–Crippen MR) is 63.2 cm³/mol. The number of rotatable bonds is 4. The molecular weight excluding hydrogens is 219 g/mol. The third-order valence-electron chi connectivity index (χ3n) is 1.96.